The average Bonchev–Trinajstić information content (AvgIpc) is 3.11. The summed E-state index contributed by atoms with van der Waals surface area (Å²) in [6.45, 7) is 5.69. The van der Waals surface area contributed by atoms with Crippen molar-refractivity contribution in [2.75, 3.05) is 19.7 Å². The van der Waals surface area contributed by atoms with Crippen LogP contribution in [0.1, 0.15) is 43.5 Å². The van der Waals surface area contributed by atoms with Crippen LogP contribution >= 0.6 is 0 Å². The number of ether oxygens (including phenoxy) is 1. The van der Waals surface area contributed by atoms with Crippen molar-refractivity contribution in [2.24, 2.45) is 17.3 Å². The molecular formula is C19H25NO4. The molecule has 3 rings (SSSR count). The second kappa shape index (κ2) is 6.46. The van der Waals surface area contributed by atoms with Crippen molar-refractivity contribution in [3.63, 3.8) is 0 Å². The van der Waals surface area contributed by atoms with E-state index in [0.29, 0.717) is 37.6 Å². The van der Waals surface area contributed by atoms with Crippen molar-refractivity contribution in [1.29, 1.82) is 0 Å². The first kappa shape index (κ1) is 16.8. The highest BCUT2D eigenvalue weighted by Gasteiger charge is 2.55. The van der Waals surface area contributed by atoms with Gasteiger partial charge in [0.15, 0.2) is 0 Å². The maximum Gasteiger partial charge on any atom is 0.311 e. The minimum Gasteiger partial charge on any atom is -0.493 e. The minimum atomic E-state index is -0.752. The van der Waals surface area contributed by atoms with E-state index >= 15 is 0 Å². The molecule has 0 unspecified atom stereocenters. The third-order valence-electron chi connectivity index (χ3n) is 5.27. The number of carboxylic acid groups (broad SMARTS) is 1. The molecule has 2 aliphatic rings. The van der Waals surface area contributed by atoms with Gasteiger partial charge in [-0.25, -0.2) is 0 Å². The number of aliphatic carboxylic acids is 1. The Labute approximate surface area is 142 Å². The van der Waals surface area contributed by atoms with E-state index in [9.17, 15) is 14.7 Å². The molecule has 1 aliphatic heterocycles. The van der Waals surface area contributed by atoms with Gasteiger partial charge in [-0.05, 0) is 48.9 Å². The molecule has 24 heavy (non-hydrogen) atoms. The predicted molar refractivity (Wildman–Crippen MR) is 90.1 cm³/mol. The number of hydrogen-bond donors (Lipinski definition) is 1. The zero-order chi connectivity index (χ0) is 17.3. The Hall–Kier alpha value is -2.04. The zero-order valence-corrected chi connectivity index (χ0v) is 14.3. The lowest BCUT2D eigenvalue weighted by molar-refractivity contribution is -0.149. The van der Waals surface area contributed by atoms with Crippen molar-refractivity contribution < 1.29 is 19.4 Å². The minimum absolute atomic E-state index is 0.0829. The third kappa shape index (κ3) is 2.99. The second-order valence-corrected chi connectivity index (χ2v) is 7.47. The van der Waals surface area contributed by atoms with Gasteiger partial charge in [-0.3, -0.25) is 9.59 Å². The van der Waals surface area contributed by atoms with Crippen LogP contribution in [0.15, 0.2) is 24.3 Å². The molecule has 0 bridgehead atoms. The van der Waals surface area contributed by atoms with Gasteiger partial charge in [0.2, 0.25) is 0 Å². The molecule has 1 amide bonds. The molecule has 1 aromatic rings. The van der Waals surface area contributed by atoms with Crippen LogP contribution in [-0.4, -0.2) is 41.6 Å². The number of carboxylic acids is 1. The second-order valence-electron chi connectivity index (χ2n) is 7.47. The van der Waals surface area contributed by atoms with Gasteiger partial charge in [0.05, 0.1) is 12.0 Å². The standard InChI is InChI=1S/C19H25NO4/c1-13(2)11-24-16-7-5-14(6-8-16)17(21)20-10-15-4-3-9-19(15,12-20)18(22)23/h5-8,13,15H,3-4,9-12H2,1-2H3,(H,22,23)/t15-,19+/m0/s1. The van der Waals surface area contributed by atoms with Gasteiger partial charge in [-0.2, -0.15) is 0 Å². The lowest BCUT2D eigenvalue weighted by atomic mass is 9.81. The highest BCUT2D eigenvalue weighted by molar-refractivity contribution is 5.95. The SMILES string of the molecule is CC(C)COc1ccc(C(=O)N2C[C@@H]3CCC[C@@]3(C(=O)O)C2)cc1. The molecule has 5 heteroatoms. The molecule has 1 saturated carbocycles. The van der Waals surface area contributed by atoms with Crippen LogP contribution in [0.25, 0.3) is 0 Å². The van der Waals surface area contributed by atoms with Crippen LogP contribution in [0, 0.1) is 17.3 Å². The molecular weight excluding hydrogens is 306 g/mol. The molecule has 0 radical (unpaired) electrons. The topological polar surface area (TPSA) is 66.8 Å². The largest absolute Gasteiger partial charge is 0.493 e. The number of likely N-dealkylation sites (tertiary alicyclic amines) is 1. The van der Waals surface area contributed by atoms with E-state index in [4.69, 9.17) is 4.74 Å². The lowest BCUT2D eigenvalue weighted by Gasteiger charge is -2.23. The lowest BCUT2D eigenvalue weighted by Crippen LogP contribution is -2.37. The van der Waals surface area contributed by atoms with E-state index in [1.54, 1.807) is 29.2 Å². The quantitative estimate of drug-likeness (QED) is 0.900. The summed E-state index contributed by atoms with van der Waals surface area (Å²) in [7, 11) is 0. The van der Waals surface area contributed by atoms with Gasteiger partial charge in [0.1, 0.15) is 5.75 Å². The van der Waals surface area contributed by atoms with Gasteiger partial charge in [-0.1, -0.05) is 20.3 Å². The highest BCUT2D eigenvalue weighted by Crippen LogP contribution is 2.49. The van der Waals surface area contributed by atoms with E-state index < -0.39 is 11.4 Å². The zero-order valence-electron chi connectivity index (χ0n) is 14.3. The Bertz CT molecular complexity index is 625. The number of amides is 1. The first-order valence-electron chi connectivity index (χ1n) is 8.68. The summed E-state index contributed by atoms with van der Waals surface area (Å²) in [6, 6.07) is 7.14. The van der Waals surface area contributed by atoms with Crippen LogP contribution < -0.4 is 4.74 Å². The smallest absolute Gasteiger partial charge is 0.311 e. The number of benzene rings is 1. The molecule has 1 aliphatic carbocycles. The molecule has 2 atom stereocenters. The Morgan fingerprint density at radius 1 is 1.33 bits per heavy atom. The van der Waals surface area contributed by atoms with Crippen molar-refractivity contribution in [3.8, 4) is 5.75 Å². The number of carbonyl (C=O) groups is 2. The molecule has 2 fully saturated rings. The Kier molecular flexibility index (Phi) is 4.52. The van der Waals surface area contributed by atoms with Crippen LogP contribution in [0.2, 0.25) is 0 Å². The molecule has 1 aromatic carbocycles. The van der Waals surface area contributed by atoms with E-state index in [0.717, 1.165) is 18.6 Å². The fourth-order valence-corrected chi connectivity index (χ4v) is 3.93. The maximum absolute atomic E-state index is 12.7. The summed E-state index contributed by atoms with van der Waals surface area (Å²) >= 11 is 0. The Balaban J connectivity index is 1.68. The van der Waals surface area contributed by atoms with Crippen molar-refractivity contribution in [3.05, 3.63) is 29.8 Å². The average molecular weight is 331 g/mol. The normalized spacial score (nSPS) is 25.8. The first-order chi connectivity index (χ1) is 11.4. The van der Waals surface area contributed by atoms with Gasteiger partial charge in [0.25, 0.3) is 5.91 Å². The van der Waals surface area contributed by atoms with Crippen molar-refractivity contribution >= 4 is 11.9 Å². The Morgan fingerprint density at radius 2 is 2.04 bits per heavy atom. The van der Waals surface area contributed by atoms with E-state index in [-0.39, 0.29) is 11.8 Å². The number of hydrogen-bond acceptors (Lipinski definition) is 3. The van der Waals surface area contributed by atoms with Gasteiger partial charge in [-0.15, -0.1) is 0 Å². The fourth-order valence-electron chi connectivity index (χ4n) is 3.93. The number of nitrogens with zero attached hydrogens (tertiary/aromatic N) is 1. The van der Waals surface area contributed by atoms with Crippen molar-refractivity contribution in [1.82, 2.24) is 4.90 Å². The molecule has 1 saturated heterocycles. The fraction of sp³-hybridized carbons (Fsp3) is 0.579. The number of carbonyl (C=O) groups excluding carboxylic acids is 1. The Morgan fingerprint density at radius 3 is 2.62 bits per heavy atom. The summed E-state index contributed by atoms with van der Waals surface area (Å²) in [5.41, 5.74) is -0.136. The number of rotatable bonds is 5. The van der Waals surface area contributed by atoms with Crippen LogP contribution in [0.3, 0.4) is 0 Å². The predicted octanol–water partition coefficient (Wildman–Crippen LogP) is 3.05. The van der Waals surface area contributed by atoms with Crippen LogP contribution in [0.5, 0.6) is 5.75 Å². The van der Waals surface area contributed by atoms with Gasteiger partial charge >= 0.3 is 5.97 Å². The first-order valence-corrected chi connectivity index (χ1v) is 8.68. The third-order valence-corrected chi connectivity index (χ3v) is 5.27. The summed E-state index contributed by atoms with van der Waals surface area (Å²) in [5, 5.41) is 9.63. The van der Waals surface area contributed by atoms with Gasteiger partial charge < -0.3 is 14.7 Å². The summed E-state index contributed by atoms with van der Waals surface area (Å²) in [5.74, 6) is 0.453. The maximum atomic E-state index is 12.7. The van der Waals surface area contributed by atoms with Gasteiger partial charge in [0, 0.05) is 18.7 Å². The molecule has 0 spiro atoms. The number of fused-ring (bicyclic) bond motifs is 1. The molecule has 5 nitrogen and oxygen atoms in total. The van der Waals surface area contributed by atoms with Crippen LogP contribution in [-0.2, 0) is 4.79 Å². The highest BCUT2D eigenvalue weighted by atomic mass is 16.5. The summed E-state index contributed by atoms with van der Waals surface area (Å²) in [6.07, 6.45) is 2.53. The summed E-state index contributed by atoms with van der Waals surface area (Å²) < 4.78 is 5.63. The summed E-state index contributed by atoms with van der Waals surface area (Å²) in [4.78, 5) is 26.1. The van der Waals surface area contributed by atoms with E-state index in [1.165, 1.54) is 0 Å². The molecule has 1 heterocycles. The van der Waals surface area contributed by atoms with Crippen molar-refractivity contribution in [2.45, 2.75) is 33.1 Å². The molecule has 130 valence electrons. The van der Waals surface area contributed by atoms with Crippen LogP contribution in [0.4, 0.5) is 0 Å². The molecule has 1 N–H and O–H groups in total. The van der Waals surface area contributed by atoms with E-state index in [1.807, 2.05) is 0 Å². The molecule has 0 aromatic heterocycles. The van der Waals surface area contributed by atoms with E-state index in [2.05, 4.69) is 13.8 Å². The monoisotopic (exact) mass is 331 g/mol.